The normalized spacial score (nSPS) is 14.4. The minimum absolute atomic E-state index is 0. The molecule has 1 aliphatic heterocycles. The summed E-state index contributed by atoms with van der Waals surface area (Å²) in [5.74, 6) is 0.873. The van der Waals surface area contributed by atoms with Gasteiger partial charge in [-0.15, -0.1) is 35.3 Å². The lowest BCUT2D eigenvalue weighted by Crippen LogP contribution is -2.52. The minimum Gasteiger partial charge on any atom is -0.360 e. The summed E-state index contributed by atoms with van der Waals surface area (Å²) in [5, 5.41) is 9.72. The van der Waals surface area contributed by atoms with E-state index in [1.807, 2.05) is 38.2 Å². The Morgan fingerprint density at radius 1 is 1.14 bits per heavy atom. The summed E-state index contributed by atoms with van der Waals surface area (Å²) < 4.78 is 0. The molecular weight excluding hydrogens is 485 g/mol. The van der Waals surface area contributed by atoms with Crippen LogP contribution in [0, 0.1) is 0 Å². The summed E-state index contributed by atoms with van der Waals surface area (Å²) in [6.45, 7) is 7.07. The molecule has 28 heavy (non-hydrogen) atoms. The summed E-state index contributed by atoms with van der Waals surface area (Å²) in [4.78, 5) is 21.1. The fourth-order valence-corrected chi connectivity index (χ4v) is 3.97. The number of anilines is 1. The van der Waals surface area contributed by atoms with E-state index in [0.29, 0.717) is 18.7 Å². The quantitative estimate of drug-likeness (QED) is 0.367. The maximum atomic E-state index is 12.0. The summed E-state index contributed by atoms with van der Waals surface area (Å²) >= 11 is 1.79. The summed E-state index contributed by atoms with van der Waals surface area (Å²) in [5.41, 5.74) is 1.76. The van der Waals surface area contributed by atoms with Gasteiger partial charge in [0.2, 0.25) is 0 Å². The van der Waals surface area contributed by atoms with E-state index in [9.17, 15) is 4.79 Å². The minimum atomic E-state index is -0.0339. The Morgan fingerprint density at radius 2 is 1.93 bits per heavy atom. The molecule has 0 radical (unpaired) electrons. The van der Waals surface area contributed by atoms with Gasteiger partial charge in [0.25, 0.3) is 5.91 Å². The van der Waals surface area contributed by atoms with E-state index in [1.165, 1.54) is 5.00 Å². The third-order valence-electron chi connectivity index (χ3n) is 4.59. The van der Waals surface area contributed by atoms with Gasteiger partial charge < -0.3 is 20.4 Å². The Kier molecular flexibility index (Phi) is 9.04. The van der Waals surface area contributed by atoms with Crippen molar-refractivity contribution in [1.82, 2.24) is 15.5 Å². The van der Waals surface area contributed by atoms with Crippen LogP contribution in [0.25, 0.3) is 0 Å². The van der Waals surface area contributed by atoms with E-state index < -0.39 is 0 Å². The van der Waals surface area contributed by atoms with Crippen molar-refractivity contribution >= 4 is 52.2 Å². The number of piperazine rings is 1. The molecule has 0 spiro atoms. The zero-order valence-corrected chi connectivity index (χ0v) is 19.5. The molecule has 0 aliphatic carbocycles. The van der Waals surface area contributed by atoms with E-state index in [1.54, 1.807) is 11.3 Å². The van der Waals surface area contributed by atoms with E-state index in [0.717, 1.165) is 37.7 Å². The summed E-state index contributed by atoms with van der Waals surface area (Å²) in [6, 6.07) is 12.0. The maximum absolute atomic E-state index is 12.0. The highest BCUT2D eigenvalue weighted by atomic mass is 127. The summed E-state index contributed by atoms with van der Waals surface area (Å²) in [6.07, 6.45) is 0. The summed E-state index contributed by atoms with van der Waals surface area (Å²) in [7, 11) is 1.82. The third-order valence-corrected chi connectivity index (χ3v) is 5.51. The Morgan fingerprint density at radius 3 is 2.57 bits per heavy atom. The number of benzene rings is 1. The number of carbonyl (C=O) groups excluding carboxylic acids is 1. The molecule has 2 heterocycles. The fraction of sp³-hybridized carbons (Fsp3) is 0.400. The highest BCUT2D eigenvalue weighted by molar-refractivity contribution is 14.0. The van der Waals surface area contributed by atoms with Gasteiger partial charge in [0.05, 0.1) is 5.00 Å². The highest BCUT2D eigenvalue weighted by Crippen LogP contribution is 2.22. The van der Waals surface area contributed by atoms with E-state index >= 15 is 0 Å². The number of rotatable bonds is 5. The van der Waals surface area contributed by atoms with Crippen LogP contribution >= 0.6 is 35.3 Å². The van der Waals surface area contributed by atoms with Crippen LogP contribution in [0.2, 0.25) is 0 Å². The molecule has 8 heteroatoms. The number of amides is 1. The lowest BCUT2D eigenvalue weighted by atomic mass is 10.1. The fourth-order valence-electron chi connectivity index (χ4n) is 3.19. The van der Waals surface area contributed by atoms with Crippen molar-refractivity contribution in [2.75, 3.05) is 44.7 Å². The number of halogens is 1. The standard InChI is InChI=1S/C20H27N5OS.HI/c1-3-22-19(26)17-7-4-6-16(14-17)15-23-20(21-2)25-11-9-24(10-12-25)18-8-5-13-27-18;/h4-8,13-14H,3,9-12,15H2,1-2H3,(H,21,23)(H,22,26);1H. The van der Waals surface area contributed by atoms with Crippen LogP contribution in [-0.2, 0) is 6.54 Å². The predicted molar refractivity (Wildman–Crippen MR) is 128 cm³/mol. The van der Waals surface area contributed by atoms with Crippen molar-refractivity contribution in [3.05, 3.63) is 52.9 Å². The molecule has 1 saturated heterocycles. The Bertz CT molecular complexity index is 773. The van der Waals surface area contributed by atoms with Gasteiger partial charge in [-0.25, -0.2) is 0 Å². The number of hydrogen-bond donors (Lipinski definition) is 2. The van der Waals surface area contributed by atoms with Gasteiger partial charge in [0.1, 0.15) is 0 Å². The number of guanidine groups is 1. The molecule has 1 fully saturated rings. The van der Waals surface area contributed by atoms with Crippen molar-refractivity contribution < 1.29 is 4.79 Å². The van der Waals surface area contributed by atoms with Crippen molar-refractivity contribution in [3.8, 4) is 0 Å². The van der Waals surface area contributed by atoms with Gasteiger partial charge in [-0.1, -0.05) is 12.1 Å². The number of nitrogens with zero attached hydrogens (tertiary/aromatic N) is 3. The first-order valence-electron chi connectivity index (χ1n) is 9.32. The van der Waals surface area contributed by atoms with Crippen LogP contribution in [0.3, 0.4) is 0 Å². The number of nitrogens with one attached hydrogen (secondary N) is 2. The largest absolute Gasteiger partial charge is 0.360 e. The monoisotopic (exact) mass is 513 g/mol. The molecule has 0 bridgehead atoms. The highest BCUT2D eigenvalue weighted by Gasteiger charge is 2.20. The molecule has 1 aromatic heterocycles. The van der Waals surface area contributed by atoms with Crippen LogP contribution in [0.1, 0.15) is 22.8 Å². The topological polar surface area (TPSA) is 60.0 Å². The second kappa shape index (κ2) is 11.3. The molecule has 2 N–H and O–H groups in total. The van der Waals surface area contributed by atoms with Gasteiger partial charge in [-0.3, -0.25) is 9.79 Å². The molecule has 2 aromatic rings. The first-order chi connectivity index (χ1) is 13.2. The van der Waals surface area contributed by atoms with E-state index in [-0.39, 0.29) is 29.9 Å². The van der Waals surface area contributed by atoms with Crippen molar-refractivity contribution in [1.29, 1.82) is 0 Å². The van der Waals surface area contributed by atoms with Crippen molar-refractivity contribution in [2.24, 2.45) is 4.99 Å². The zero-order chi connectivity index (χ0) is 19.1. The van der Waals surface area contributed by atoms with Crippen LogP contribution in [0.5, 0.6) is 0 Å². The van der Waals surface area contributed by atoms with Gasteiger partial charge >= 0.3 is 0 Å². The lowest BCUT2D eigenvalue weighted by Gasteiger charge is -2.37. The number of carbonyl (C=O) groups is 1. The van der Waals surface area contributed by atoms with Crippen LogP contribution in [0.15, 0.2) is 46.8 Å². The molecule has 1 amide bonds. The average Bonchev–Trinajstić information content (AvgIpc) is 3.24. The molecule has 152 valence electrons. The Hall–Kier alpha value is -1.81. The SMILES string of the molecule is CCNC(=O)c1cccc(CNC(=NC)N2CCN(c3cccs3)CC2)c1.I. The van der Waals surface area contributed by atoms with Gasteiger partial charge in [-0.05, 0) is 42.1 Å². The number of aliphatic imine (C=N–C) groups is 1. The molecular formula is C20H28IN5OS. The Labute approximate surface area is 188 Å². The molecule has 0 saturated carbocycles. The van der Waals surface area contributed by atoms with Crippen molar-refractivity contribution in [2.45, 2.75) is 13.5 Å². The van der Waals surface area contributed by atoms with Gasteiger partial charge in [0.15, 0.2) is 5.96 Å². The zero-order valence-electron chi connectivity index (χ0n) is 16.4. The third kappa shape index (κ3) is 5.84. The van der Waals surface area contributed by atoms with Crippen LogP contribution < -0.4 is 15.5 Å². The molecule has 6 nitrogen and oxygen atoms in total. The molecule has 3 rings (SSSR count). The van der Waals surface area contributed by atoms with Crippen LogP contribution in [0.4, 0.5) is 5.00 Å². The van der Waals surface area contributed by atoms with Gasteiger partial charge in [-0.2, -0.15) is 0 Å². The second-order valence-corrected chi connectivity index (χ2v) is 7.31. The average molecular weight is 513 g/mol. The van der Waals surface area contributed by atoms with Crippen molar-refractivity contribution in [3.63, 3.8) is 0 Å². The van der Waals surface area contributed by atoms with E-state index in [4.69, 9.17) is 0 Å². The maximum Gasteiger partial charge on any atom is 0.251 e. The second-order valence-electron chi connectivity index (χ2n) is 6.39. The molecule has 0 atom stereocenters. The van der Waals surface area contributed by atoms with Crippen LogP contribution in [-0.4, -0.2) is 56.5 Å². The predicted octanol–water partition coefficient (Wildman–Crippen LogP) is 3.01. The first kappa shape index (κ1) is 22.5. The Balaban J connectivity index is 0.00000280. The van der Waals surface area contributed by atoms with E-state index in [2.05, 4.69) is 42.9 Å². The first-order valence-corrected chi connectivity index (χ1v) is 10.2. The number of thiophene rings is 1. The molecule has 0 unspecified atom stereocenters. The smallest absolute Gasteiger partial charge is 0.251 e. The molecule has 1 aliphatic rings. The lowest BCUT2D eigenvalue weighted by molar-refractivity contribution is 0.0955. The molecule has 1 aromatic carbocycles. The number of hydrogen-bond acceptors (Lipinski definition) is 4. The van der Waals surface area contributed by atoms with Gasteiger partial charge in [0, 0.05) is 51.9 Å².